The van der Waals surface area contributed by atoms with E-state index in [-0.39, 0.29) is 10.8 Å². The molecule has 0 amide bonds. The standard InChI is InChI=1S/C11H13N5O2S3/c12-15-9-10(16-4-6-20-11(16)14-9)21(17,18)13-3-1-8-2-5-19-7-8/h2,4-7,13,15H,1,3,12H2. The van der Waals surface area contributed by atoms with E-state index in [2.05, 4.69) is 15.1 Å². The molecule has 0 aliphatic rings. The zero-order valence-corrected chi connectivity index (χ0v) is 13.3. The maximum Gasteiger partial charge on any atom is 0.260 e. The smallest absolute Gasteiger partial charge is 0.260 e. The number of hydrogen-bond acceptors (Lipinski definition) is 7. The van der Waals surface area contributed by atoms with Crippen molar-refractivity contribution in [1.29, 1.82) is 0 Å². The molecule has 3 heterocycles. The van der Waals surface area contributed by atoms with Crippen molar-refractivity contribution in [2.24, 2.45) is 5.84 Å². The summed E-state index contributed by atoms with van der Waals surface area (Å²) in [6.07, 6.45) is 2.29. The minimum absolute atomic E-state index is 0.0339. The van der Waals surface area contributed by atoms with Gasteiger partial charge in [0, 0.05) is 18.1 Å². The maximum absolute atomic E-state index is 12.5. The Morgan fingerprint density at radius 2 is 2.24 bits per heavy atom. The first-order valence-electron chi connectivity index (χ1n) is 6.05. The third-order valence-electron chi connectivity index (χ3n) is 2.90. The van der Waals surface area contributed by atoms with Gasteiger partial charge in [0.2, 0.25) is 5.03 Å². The van der Waals surface area contributed by atoms with Crippen LogP contribution in [-0.2, 0) is 16.4 Å². The molecule has 0 aromatic carbocycles. The molecule has 0 unspecified atom stereocenters. The van der Waals surface area contributed by atoms with Crippen LogP contribution in [-0.4, -0.2) is 24.3 Å². The van der Waals surface area contributed by atoms with Crippen LogP contribution in [0.4, 0.5) is 5.82 Å². The average molecular weight is 343 g/mol. The van der Waals surface area contributed by atoms with Crippen LogP contribution >= 0.6 is 22.7 Å². The first-order valence-corrected chi connectivity index (χ1v) is 9.35. The fourth-order valence-corrected chi connectivity index (χ4v) is 4.70. The molecule has 0 radical (unpaired) electrons. The van der Waals surface area contributed by atoms with Crippen molar-refractivity contribution < 1.29 is 8.42 Å². The Balaban J connectivity index is 1.84. The van der Waals surface area contributed by atoms with Gasteiger partial charge in [-0.2, -0.15) is 16.3 Å². The zero-order chi connectivity index (χ0) is 14.9. The van der Waals surface area contributed by atoms with Gasteiger partial charge in [0.15, 0.2) is 10.8 Å². The van der Waals surface area contributed by atoms with Gasteiger partial charge in [-0.25, -0.2) is 19.0 Å². The second-order valence-electron chi connectivity index (χ2n) is 4.24. The number of hydrogen-bond donors (Lipinski definition) is 3. The van der Waals surface area contributed by atoms with Gasteiger partial charge in [0.05, 0.1) is 0 Å². The number of nitrogens with zero attached hydrogens (tertiary/aromatic N) is 2. The van der Waals surface area contributed by atoms with Crippen LogP contribution in [0.25, 0.3) is 4.96 Å². The van der Waals surface area contributed by atoms with E-state index in [1.165, 1.54) is 15.7 Å². The fraction of sp³-hybridized carbons (Fsp3) is 0.182. The highest BCUT2D eigenvalue weighted by molar-refractivity contribution is 7.89. The monoisotopic (exact) mass is 343 g/mol. The lowest BCUT2D eigenvalue weighted by Crippen LogP contribution is -2.28. The number of nitrogens with one attached hydrogen (secondary N) is 2. The molecular weight excluding hydrogens is 330 g/mol. The van der Waals surface area contributed by atoms with Gasteiger partial charge < -0.3 is 5.43 Å². The fourth-order valence-electron chi connectivity index (χ4n) is 1.95. The van der Waals surface area contributed by atoms with Crippen molar-refractivity contribution in [2.45, 2.75) is 11.4 Å². The van der Waals surface area contributed by atoms with Crippen molar-refractivity contribution in [1.82, 2.24) is 14.1 Å². The first-order chi connectivity index (χ1) is 10.1. The highest BCUT2D eigenvalue weighted by Gasteiger charge is 2.25. The summed E-state index contributed by atoms with van der Waals surface area (Å²) in [4.78, 5) is 4.71. The Hall–Kier alpha value is -1.46. The summed E-state index contributed by atoms with van der Waals surface area (Å²) in [6, 6.07) is 1.97. The lowest BCUT2D eigenvalue weighted by Gasteiger charge is -2.07. The molecule has 3 aromatic rings. The second-order valence-corrected chi connectivity index (χ2v) is 7.58. The number of thiazole rings is 1. The molecule has 0 spiro atoms. The van der Waals surface area contributed by atoms with Crippen LogP contribution in [0.5, 0.6) is 0 Å². The van der Waals surface area contributed by atoms with Crippen molar-refractivity contribution in [3.63, 3.8) is 0 Å². The van der Waals surface area contributed by atoms with Gasteiger partial charge in [-0.1, -0.05) is 0 Å². The Kier molecular flexibility index (Phi) is 3.95. The Morgan fingerprint density at radius 3 is 2.95 bits per heavy atom. The van der Waals surface area contributed by atoms with Crippen LogP contribution in [0.3, 0.4) is 0 Å². The van der Waals surface area contributed by atoms with Gasteiger partial charge in [-0.05, 0) is 28.8 Å². The lowest BCUT2D eigenvalue weighted by atomic mass is 10.2. The summed E-state index contributed by atoms with van der Waals surface area (Å²) < 4.78 is 29.0. The van der Waals surface area contributed by atoms with Crippen molar-refractivity contribution in [3.05, 3.63) is 34.0 Å². The van der Waals surface area contributed by atoms with E-state index < -0.39 is 10.0 Å². The molecular formula is C11H13N5O2S3. The van der Waals surface area contributed by atoms with Gasteiger partial charge >= 0.3 is 0 Å². The molecule has 0 atom stereocenters. The van der Waals surface area contributed by atoms with Gasteiger partial charge in [-0.3, -0.25) is 4.40 Å². The summed E-state index contributed by atoms with van der Waals surface area (Å²) in [7, 11) is -3.69. The molecule has 10 heteroatoms. The van der Waals surface area contributed by atoms with Gasteiger partial charge in [-0.15, -0.1) is 11.3 Å². The highest BCUT2D eigenvalue weighted by atomic mass is 32.2. The number of sulfonamides is 1. The molecule has 0 aliphatic heterocycles. The molecule has 0 saturated heterocycles. The second kappa shape index (κ2) is 5.73. The molecule has 21 heavy (non-hydrogen) atoms. The molecule has 4 N–H and O–H groups in total. The molecule has 112 valence electrons. The lowest BCUT2D eigenvalue weighted by molar-refractivity contribution is 0.577. The van der Waals surface area contributed by atoms with E-state index in [0.29, 0.717) is 17.9 Å². The summed E-state index contributed by atoms with van der Waals surface area (Å²) >= 11 is 2.93. The molecule has 3 aromatic heterocycles. The van der Waals surface area contributed by atoms with E-state index in [4.69, 9.17) is 5.84 Å². The predicted octanol–water partition coefficient (Wildman–Crippen LogP) is 1.26. The van der Waals surface area contributed by atoms with E-state index in [1.54, 1.807) is 22.9 Å². The molecule has 3 rings (SSSR count). The van der Waals surface area contributed by atoms with Gasteiger partial charge in [0.1, 0.15) is 0 Å². The molecule has 0 fully saturated rings. The Bertz CT molecular complexity index is 835. The summed E-state index contributed by atoms with van der Waals surface area (Å²) in [5, 5.41) is 5.77. The first kappa shape index (κ1) is 14.5. The van der Waals surface area contributed by atoms with Crippen LogP contribution in [0.15, 0.2) is 33.4 Å². The van der Waals surface area contributed by atoms with E-state index in [1.807, 2.05) is 16.8 Å². The van der Waals surface area contributed by atoms with Gasteiger partial charge in [0.25, 0.3) is 10.0 Å². The largest absolute Gasteiger partial charge is 0.306 e. The van der Waals surface area contributed by atoms with Crippen LogP contribution < -0.4 is 16.0 Å². The summed E-state index contributed by atoms with van der Waals surface area (Å²) in [6.45, 7) is 0.320. The SMILES string of the molecule is NNc1nc2sccn2c1S(=O)(=O)NCCc1ccsc1. The summed E-state index contributed by atoms with van der Waals surface area (Å²) in [5.74, 6) is 5.51. The molecule has 0 saturated carbocycles. The molecule has 7 nitrogen and oxygen atoms in total. The Labute approximate surface area is 129 Å². The number of rotatable bonds is 6. The topological polar surface area (TPSA) is 102 Å². The number of fused-ring (bicyclic) bond motifs is 1. The zero-order valence-electron chi connectivity index (χ0n) is 10.8. The number of nitrogens with two attached hydrogens (primary N) is 1. The normalized spacial score (nSPS) is 12.0. The minimum atomic E-state index is -3.69. The van der Waals surface area contributed by atoms with Crippen LogP contribution in [0.1, 0.15) is 5.56 Å². The summed E-state index contributed by atoms with van der Waals surface area (Å²) in [5.41, 5.74) is 3.44. The van der Waals surface area contributed by atoms with Crippen molar-refractivity contribution in [3.8, 4) is 0 Å². The van der Waals surface area contributed by atoms with Crippen molar-refractivity contribution >= 4 is 43.5 Å². The molecule has 0 aliphatic carbocycles. The van der Waals surface area contributed by atoms with E-state index in [9.17, 15) is 8.42 Å². The number of imidazole rings is 1. The maximum atomic E-state index is 12.5. The highest BCUT2D eigenvalue weighted by Crippen LogP contribution is 2.24. The number of anilines is 1. The minimum Gasteiger partial charge on any atom is -0.306 e. The quantitative estimate of drug-likeness (QED) is 0.462. The number of nitrogen functional groups attached to an aromatic ring is 1. The predicted molar refractivity (Wildman–Crippen MR) is 84.1 cm³/mol. The molecule has 0 bridgehead atoms. The Morgan fingerprint density at radius 1 is 1.38 bits per heavy atom. The van der Waals surface area contributed by atoms with Crippen LogP contribution in [0, 0.1) is 0 Å². The third kappa shape index (κ3) is 2.80. The van der Waals surface area contributed by atoms with Crippen molar-refractivity contribution in [2.75, 3.05) is 12.0 Å². The average Bonchev–Trinajstić information content (AvgIpc) is 3.13. The number of hydrazine groups is 1. The third-order valence-corrected chi connectivity index (χ3v) is 5.87. The number of aromatic nitrogens is 2. The van der Waals surface area contributed by atoms with E-state index >= 15 is 0 Å². The van der Waals surface area contributed by atoms with E-state index in [0.717, 1.165) is 5.56 Å². The number of thiophene rings is 1. The van der Waals surface area contributed by atoms with Crippen LogP contribution in [0.2, 0.25) is 0 Å².